The van der Waals surface area contributed by atoms with Crippen molar-refractivity contribution in [3.8, 4) is 0 Å². The highest BCUT2D eigenvalue weighted by molar-refractivity contribution is 7.22. The van der Waals surface area contributed by atoms with Crippen molar-refractivity contribution in [2.75, 3.05) is 5.32 Å². The average Bonchev–Trinajstić information content (AvgIpc) is 2.86. The van der Waals surface area contributed by atoms with Gasteiger partial charge in [0.25, 0.3) is 5.91 Å². The summed E-state index contributed by atoms with van der Waals surface area (Å²) in [5.41, 5.74) is 0.511. The monoisotopic (exact) mass is 375 g/mol. The van der Waals surface area contributed by atoms with Crippen molar-refractivity contribution in [1.82, 2.24) is 9.97 Å². The molecular weight excluding hydrogens is 372 g/mol. The molecule has 2 aromatic heterocycles. The summed E-state index contributed by atoms with van der Waals surface area (Å²) in [5, 5.41) is 3.01. The van der Waals surface area contributed by atoms with Crippen LogP contribution in [-0.2, 0) is 0 Å². The standard InChI is InChI=1S/C13H5Cl3FN3OS/c14-6-4-18-11(10(16)9(6)15)12(21)20-13-19-7-2-1-5(17)3-8(7)22-13/h1-4H,(H,19,20,21). The minimum Gasteiger partial charge on any atom is -0.296 e. The molecule has 0 bridgehead atoms. The van der Waals surface area contributed by atoms with Crippen molar-refractivity contribution in [2.45, 2.75) is 0 Å². The fourth-order valence-electron chi connectivity index (χ4n) is 1.71. The SMILES string of the molecule is O=C(Nc1nc2ccc(F)cc2s1)c1ncc(Cl)c(Cl)c1Cl. The minimum absolute atomic E-state index is 0.0428. The van der Waals surface area contributed by atoms with Crippen molar-refractivity contribution in [2.24, 2.45) is 0 Å². The number of fused-ring (bicyclic) bond motifs is 1. The van der Waals surface area contributed by atoms with E-state index in [9.17, 15) is 9.18 Å². The predicted molar refractivity (Wildman–Crippen MR) is 86.8 cm³/mol. The van der Waals surface area contributed by atoms with Crippen LogP contribution >= 0.6 is 46.1 Å². The van der Waals surface area contributed by atoms with Gasteiger partial charge in [-0.15, -0.1) is 0 Å². The normalized spacial score (nSPS) is 10.9. The van der Waals surface area contributed by atoms with Gasteiger partial charge in [0.1, 0.15) is 11.5 Å². The number of halogens is 4. The number of thiazole rings is 1. The lowest BCUT2D eigenvalue weighted by Crippen LogP contribution is -2.14. The molecule has 0 saturated heterocycles. The third-order valence-electron chi connectivity index (χ3n) is 2.70. The summed E-state index contributed by atoms with van der Waals surface area (Å²) < 4.78 is 13.8. The van der Waals surface area contributed by atoms with Gasteiger partial charge in [0.05, 0.1) is 25.3 Å². The Hall–Kier alpha value is -1.47. The highest BCUT2D eigenvalue weighted by atomic mass is 35.5. The van der Waals surface area contributed by atoms with Gasteiger partial charge in [0, 0.05) is 6.20 Å². The van der Waals surface area contributed by atoms with Crippen LogP contribution in [0.15, 0.2) is 24.4 Å². The van der Waals surface area contributed by atoms with E-state index in [0.29, 0.717) is 15.3 Å². The third kappa shape index (κ3) is 2.87. The van der Waals surface area contributed by atoms with Crippen LogP contribution in [0.25, 0.3) is 10.2 Å². The molecule has 3 aromatic rings. The Morgan fingerprint density at radius 2 is 2.00 bits per heavy atom. The lowest BCUT2D eigenvalue weighted by Gasteiger charge is -2.05. The summed E-state index contributed by atoms with van der Waals surface area (Å²) in [6.45, 7) is 0. The van der Waals surface area contributed by atoms with Crippen LogP contribution in [0.1, 0.15) is 10.5 Å². The quantitative estimate of drug-likeness (QED) is 0.681. The van der Waals surface area contributed by atoms with Crippen molar-refractivity contribution in [3.63, 3.8) is 0 Å². The number of nitrogens with zero attached hydrogens (tertiary/aromatic N) is 2. The number of aromatic nitrogens is 2. The van der Waals surface area contributed by atoms with Crippen LogP contribution < -0.4 is 5.32 Å². The number of carbonyl (C=O) groups excluding carboxylic acids is 1. The maximum Gasteiger partial charge on any atom is 0.277 e. The first kappa shape index (κ1) is 15.4. The van der Waals surface area contributed by atoms with Gasteiger partial charge in [-0.1, -0.05) is 46.1 Å². The van der Waals surface area contributed by atoms with Crippen molar-refractivity contribution in [1.29, 1.82) is 0 Å². The molecule has 2 heterocycles. The number of benzene rings is 1. The van der Waals surface area contributed by atoms with Crippen molar-refractivity contribution in [3.05, 3.63) is 51.0 Å². The third-order valence-corrected chi connectivity index (χ3v) is 4.88. The van der Waals surface area contributed by atoms with Crippen LogP contribution in [0.4, 0.5) is 9.52 Å². The van der Waals surface area contributed by atoms with E-state index in [-0.39, 0.29) is 26.6 Å². The van der Waals surface area contributed by atoms with Crippen molar-refractivity contribution >= 4 is 67.4 Å². The molecule has 1 N–H and O–H groups in total. The molecule has 0 aliphatic rings. The van der Waals surface area contributed by atoms with Crippen LogP contribution in [0, 0.1) is 5.82 Å². The minimum atomic E-state index is -0.580. The molecule has 4 nitrogen and oxygen atoms in total. The fraction of sp³-hybridized carbons (Fsp3) is 0. The summed E-state index contributed by atoms with van der Waals surface area (Å²) in [6.07, 6.45) is 1.23. The van der Waals surface area contributed by atoms with Crippen LogP contribution in [0.3, 0.4) is 0 Å². The number of amides is 1. The first-order valence-electron chi connectivity index (χ1n) is 5.82. The van der Waals surface area contributed by atoms with E-state index in [1.54, 1.807) is 0 Å². The summed E-state index contributed by atoms with van der Waals surface area (Å²) in [6, 6.07) is 4.17. The second kappa shape index (κ2) is 5.96. The molecule has 112 valence electrons. The predicted octanol–water partition coefficient (Wildman–Crippen LogP) is 5.04. The Bertz CT molecular complexity index is 900. The number of anilines is 1. The Balaban J connectivity index is 1.91. The molecule has 0 spiro atoms. The van der Waals surface area contributed by atoms with E-state index in [0.717, 1.165) is 11.3 Å². The molecule has 22 heavy (non-hydrogen) atoms. The number of hydrogen-bond donors (Lipinski definition) is 1. The lowest BCUT2D eigenvalue weighted by molar-refractivity contribution is 0.102. The maximum atomic E-state index is 13.1. The molecule has 1 aromatic carbocycles. The number of nitrogens with one attached hydrogen (secondary N) is 1. The molecule has 0 fully saturated rings. The molecule has 0 aliphatic heterocycles. The van der Waals surface area contributed by atoms with Gasteiger partial charge in [-0.2, -0.15) is 0 Å². The van der Waals surface area contributed by atoms with E-state index in [2.05, 4.69) is 15.3 Å². The number of hydrogen-bond acceptors (Lipinski definition) is 4. The van der Waals surface area contributed by atoms with Crippen molar-refractivity contribution < 1.29 is 9.18 Å². The first-order chi connectivity index (χ1) is 10.5. The fourth-order valence-corrected chi connectivity index (χ4v) is 3.16. The topological polar surface area (TPSA) is 54.9 Å². The molecule has 0 unspecified atom stereocenters. The summed E-state index contributed by atoms with van der Waals surface area (Å²) >= 11 is 18.7. The van der Waals surface area contributed by atoms with Crippen LogP contribution in [0.5, 0.6) is 0 Å². The second-order valence-electron chi connectivity index (χ2n) is 4.17. The smallest absolute Gasteiger partial charge is 0.277 e. The average molecular weight is 377 g/mol. The molecular formula is C13H5Cl3FN3OS. The lowest BCUT2D eigenvalue weighted by atomic mass is 10.3. The van der Waals surface area contributed by atoms with Gasteiger partial charge in [-0.05, 0) is 18.2 Å². The van der Waals surface area contributed by atoms with E-state index in [1.807, 2.05) is 0 Å². The molecule has 0 saturated carbocycles. The van der Waals surface area contributed by atoms with Gasteiger partial charge in [-0.25, -0.2) is 14.4 Å². The van der Waals surface area contributed by atoms with Gasteiger partial charge in [-0.3, -0.25) is 10.1 Å². The van der Waals surface area contributed by atoms with E-state index >= 15 is 0 Å². The second-order valence-corrected chi connectivity index (χ2v) is 6.36. The first-order valence-corrected chi connectivity index (χ1v) is 7.77. The number of pyridine rings is 1. The highest BCUT2D eigenvalue weighted by Gasteiger charge is 2.18. The molecule has 0 radical (unpaired) electrons. The van der Waals surface area contributed by atoms with Gasteiger partial charge in [0.15, 0.2) is 5.13 Å². The molecule has 0 aliphatic carbocycles. The van der Waals surface area contributed by atoms with E-state index in [4.69, 9.17) is 34.8 Å². The molecule has 3 rings (SSSR count). The number of carbonyl (C=O) groups is 1. The highest BCUT2D eigenvalue weighted by Crippen LogP contribution is 2.32. The Morgan fingerprint density at radius 1 is 1.23 bits per heavy atom. The Labute approximate surface area is 142 Å². The summed E-state index contributed by atoms with van der Waals surface area (Å²) in [4.78, 5) is 20.2. The molecule has 0 atom stereocenters. The van der Waals surface area contributed by atoms with Gasteiger partial charge >= 0.3 is 0 Å². The van der Waals surface area contributed by atoms with Crippen LogP contribution in [0.2, 0.25) is 15.1 Å². The Morgan fingerprint density at radius 3 is 2.77 bits per heavy atom. The van der Waals surface area contributed by atoms with Gasteiger partial charge in [0.2, 0.25) is 0 Å². The Kier molecular flexibility index (Phi) is 4.18. The maximum absolute atomic E-state index is 13.1. The largest absolute Gasteiger partial charge is 0.296 e. The molecule has 1 amide bonds. The zero-order valence-corrected chi connectivity index (χ0v) is 13.6. The zero-order chi connectivity index (χ0) is 15.9. The summed E-state index contributed by atoms with van der Waals surface area (Å²) in [7, 11) is 0. The van der Waals surface area contributed by atoms with Gasteiger partial charge < -0.3 is 0 Å². The number of rotatable bonds is 2. The zero-order valence-electron chi connectivity index (χ0n) is 10.5. The van der Waals surface area contributed by atoms with E-state index in [1.165, 1.54) is 24.4 Å². The molecule has 9 heteroatoms. The summed E-state index contributed by atoms with van der Waals surface area (Å²) in [5.74, 6) is -0.952. The van der Waals surface area contributed by atoms with E-state index < -0.39 is 5.91 Å². The van der Waals surface area contributed by atoms with Crippen LogP contribution in [-0.4, -0.2) is 15.9 Å².